The summed E-state index contributed by atoms with van der Waals surface area (Å²) < 4.78 is 37.5. The van der Waals surface area contributed by atoms with E-state index in [1.165, 1.54) is 5.56 Å². The highest BCUT2D eigenvalue weighted by Crippen LogP contribution is 2.53. The van der Waals surface area contributed by atoms with Crippen LogP contribution in [0.4, 0.5) is 4.39 Å². The number of hydrogen-bond acceptors (Lipinski definition) is 4. The van der Waals surface area contributed by atoms with Gasteiger partial charge in [0.2, 0.25) is 0 Å². The van der Waals surface area contributed by atoms with E-state index in [9.17, 15) is 4.39 Å². The van der Waals surface area contributed by atoms with Crippen molar-refractivity contribution in [2.24, 2.45) is 0 Å². The molecule has 0 radical (unpaired) electrons. The van der Waals surface area contributed by atoms with Crippen molar-refractivity contribution in [1.29, 1.82) is 0 Å². The fourth-order valence-corrected chi connectivity index (χ4v) is 7.63. The van der Waals surface area contributed by atoms with Gasteiger partial charge in [-0.3, -0.25) is 0 Å². The van der Waals surface area contributed by atoms with Gasteiger partial charge in [-0.25, -0.2) is 4.39 Å². The minimum Gasteiger partial charge on any atom is -0.497 e. The highest BCUT2D eigenvalue weighted by Gasteiger charge is 2.25. The average molecular weight is 711 g/mol. The SMILES string of the molecule is C=C(F)c1ccc(-c2c3cc4cc(OC)ccc4c(-c4ccc(OC)cc4)c3c(-c3ccc(C)cc3)c3cc(OC)cc(-c4ccc(OC)cc4)c23)cc1. The predicted molar refractivity (Wildman–Crippen MR) is 222 cm³/mol. The third-order valence-electron chi connectivity index (χ3n) is 10.3. The third-order valence-corrected chi connectivity index (χ3v) is 10.3. The number of rotatable bonds is 9. The molecule has 0 aliphatic heterocycles. The normalized spacial score (nSPS) is 11.2. The van der Waals surface area contributed by atoms with E-state index in [0.29, 0.717) is 5.56 Å². The lowest BCUT2D eigenvalue weighted by atomic mass is 9.79. The Hall–Kier alpha value is -6.59. The fraction of sp³-hybridized carbons (Fsp3) is 0.102. The summed E-state index contributed by atoms with van der Waals surface area (Å²) in [7, 11) is 6.75. The Labute approximate surface area is 314 Å². The van der Waals surface area contributed by atoms with E-state index in [1.54, 1.807) is 40.6 Å². The summed E-state index contributed by atoms with van der Waals surface area (Å²) >= 11 is 0. The van der Waals surface area contributed by atoms with Crippen LogP contribution < -0.4 is 18.9 Å². The first kappa shape index (κ1) is 34.5. The maximum absolute atomic E-state index is 14.5. The van der Waals surface area contributed by atoms with Crippen LogP contribution in [-0.4, -0.2) is 28.4 Å². The zero-order valence-corrected chi connectivity index (χ0v) is 30.9. The molecule has 8 aromatic carbocycles. The van der Waals surface area contributed by atoms with Gasteiger partial charge in [-0.05, 0) is 138 Å². The van der Waals surface area contributed by atoms with Crippen LogP contribution in [0.25, 0.3) is 82.7 Å². The minimum absolute atomic E-state index is 0.440. The lowest BCUT2D eigenvalue weighted by molar-refractivity contribution is 0.414. The van der Waals surface area contributed by atoms with Crippen LogP contribution >= 0.6 is 0 Å². The first-order valence-electron chi connectivity index (χ1n) is 17.7. The van der Waals surface area contributed by atoms with Gasteiger partial charge in [-0.1, -0.05) is 91.0 Å². The van der Waals surface area contributed by atoms with Gasteiger partial charge in [0.1, 0.15) is 28.8 Å². The molecule has 8 rings (SSSR count). The molecular weight excluding hydrogens is 672 g/mol. The Balaban J connectivity index is 1.68. The second-order valence-electron chi connectivity index (χ2n) is 13.4. The second kappa shape index (κ2) is 14.1. The second-order valence-corrected chi connectivity index (χ2v) is 13.4. The molecule has 0 atom stereocenters. The van der Waals surface area contributed by atoms with Crippen molar-refractivity contribution in [2.45, 2.75) is 6.92 Å². The van der Waals surface area contributed by atoms with Crippen molar-refractivity contribution >= 4 is 38.1 Å². The Kier molecular flexibility index (Phi) is 9.00. The van der Waals surface area contributed by atoms with Gasteiger partial charge in [-0.2, -0.15) is 0 Å². The lowest BCUT2D eigenvalue weighted by Crippen LogP contribution is -1.98. The van der Waals surface area contributed by atoms with E-state index in [2.05, 4.69) is 92.4 Å². The van der Waals surface area contributed by atoms with Crippen LogP contribution in [0.5, 0.6) is 23.0 Å². The van der Waals surface area contributed by atoms with Crippen molar-refractivity contribution in [3.63, 3.8) is 0 Å². The quantitative estimate of drug-likeness (QED) is 0.140. The number of methoxy groups -OCH3 is 4. The van der Waals surface area contributed by atoms with Crippen molar-refractivity contribution in [1.82, 2.24) is 0 Å². The highest BCUT2D eigenvalue weighted by atomic mass is 19.1. The molecule has 0 unspecified atom stereocenters. The van der Waals surface area contributed by atoms with Gasteiger partial charge in [0.05, 0.1) is 28.4 Å². The van der Waals surface area contributed by atoms with E-state index < -0.39 is 5.83 Å². The van der Waals surface area contributed by atoms with E-state index in [1.807, 2.05) is 42.5 Å². The van der Waals surface area contributed by atoms with Crippen molar-refractivity contribution in [3.8, 4) is 67.5 Å². The Morgan fingerprint density at radius 3 is 1.46 bits per heavy atom. The molecule has 0 bridgehead atoms. The van der Waals surface area contributed by atoms with Gasteiger partial charge in [-0.15, -0.1) is 0 Å². The van der Waals surface area contributed by atoms with Crippen LogP contribution in [0.3, 0.4) is 0 Å². The molecule has 0 saturated carbocycles. The molecule has 0 aliphatic carbocycles. The van der Waals surface area contributed by atoms with Crippen molar-refractivity contribution in [3.05, 3.63) is 151 Å². The van der Waals surface area contributed by atoms with E-state index in [4.69, 9.17) is 18.9 Å². The van der Waals surface area contributed by atoms with Gasteiger partial charge in [0.15, 0.2) is 0 Å². The predicted octanol–water partition coefficient (Wildman–Crippen LogP) is 13.1. The van der Waals surface area contributed by atoms with Crippen LogP contribution in [-0.2, 0) is 0 Å². The van der Waals surface area contributed by atoms with Crippen molar-refractivity contribution < 1.29 is 23.3 Å². The summed E-state index contributed by atoms with van der Waals surface area (Å²) in [5.74, 6) is 2.56. The monoisotopic (exact) mass is 710 g/mol. The van der Waals surface area contributed by atoms with E-state index >= 15 is 0 Å². The third kappa shape index (κ3) is 5.98. The Bertz CT molecular complexity index is 2700. The number of hydrogen-bond donors (Lipinski definition) is 0. The summed E-state index contributed by atoms with van der Waals surface area (Å²) in [6.07, 6.45) is 0. The standard InChI is InChI=1S/C49H39FO4/c1-29-7-9-33(10-8-29)47-44-28-40(54-6)27-42(32-15-19-37(51-3)20-16-32)48(44)46(34-13-11-31(12-14-34)30(2)50)43-26-36-25-39(53-5)23-24-41(36)45(49(43)47)35-17-21-38(52-4)22-18-35/h7-28H,2H2,1,3-6H3. The molecule has 0 heterocycles. The Morgan fingerprint density at radius 2 is 0.907 bits per heavy atom. The molecule has 0 aromatic heterocycles. The molecule has 54 heavy (non-hydrogen) atoms. The number of benzene rings is 8. The summed E-state index contributed by atoms with van der Waals surface area (Å²) in [6.45, 7) is 5.67. The first-order chi connectivity index (χ1) is 26.3. The molecule has 0 N–H and O–H groups in total. The fourth-order valence-electron chi connectivity index (χ4n) is 7.63. The summed E-state index contributed by atoms with van der Waals surface area (Å²) in [4.78, 5) is 0. The van der Waals surface area contributed by atoms with E-state index in [0.717, 1.165) is 99.8 Å². The number of ether oxygens (including phenoxy) is 4. The van der Waals surface area contributed by atoms with Crippen molar-refractivity contribution in [2.75, 3.05) is 28.4 Å². The highest BCUT2D eigenvalue weighted by molar-refractivity contribution is 6.31. The molecule has 0 saturated heterocycles. The molecule has 8 aromatic rings. The maximum atomic E-state index is 14.5. The average Bonchev–Trinajstić information content (AvgIpc) is 3.22. The van der Waals surface area contributed by atoms with Gasteiger partial charge in [0.25, 0.3) is 0 Å². The maximum Gasteiger partial charge on any atom is 0.123 e. The summed E-state index contributed by atoms with van der Waals surface area (Å²) in [5, 5.41) is 6.28. The van der Waals surface area contributed by atoms with Gasteiger partial charge < -0.3 is 18.9 Å². The van der Waals surface area contributed by atoms with Crippen LogP contribution in [0.2, 0.25) is 0 Å². The minimum atomic E-state index is -0.477. The molecule has 0 spiro atoms. The first-order valence-corrected chi connectivity index (χ1v) is 17.7. The summed E-state index contributed by atoms with van der Waals surface area (Å²) in [6, 6.07) is 45.4. The Morgan fingerprint density at radius 1 is 0.444 bits per heavy atom. The molecule has 0 aliphatic rings. The molecule has 5 heteroatoms. The zero-order valence-electron chi connectivity index (χ0n) is 30.9. The van der Waals surface area contributed by atoms with Crippen LogP contribution in [0.1, 0.15) is 11.1 Å². The smallest absolute Gasteiger partial charge is 0.123 e. The molecule has 266 valence electrons. The number of fused-ring (bicyclic) bond motifs is 3. The molecule has 0 amide bonds. The van der Waals surface area contributed by atoms with Gasteiger partial charge in [0, 0.05) is 5.56 Å². The summed E-state index contributed by atoms with van der Waals surface area (Å²) in [5.41, 5.74) is 9.82. The zero-order chi connectivity index (χ0) is 37.5. The topological polar surface area (TPSA) is 36.9 Å². The molecule has 4 nitrogen and oxygen atoms in total. The van der Waals surface area contributed by atoms with Gasteiger partial charge >= 0.3 is 0 Å². The lowest BCUT2D eigenvalue weighted by Gasteiger charge is -2.24. The largest absolute Gasteiger partial charge is 0.497 e. The van der Waals surface area contributed by atoms with Crippen LogP contribution in [0, 0.1) is 6.92 Å². The van der Waals surface area contributed by atoms with Crippen LogP contribution in [0.15, 0.2) is 140 Å². The number of aryl methyl sites for hydroxylation is 1. The number of halogens is 1. The molecular formula is C49H39FO4. The molecule has 0 fully saturated rings. The van der Waals surface area contributed by atoms with E-state index in [-0.39, 0.29) is 0 Å².